The van der Waals surface area contributed by atoms with E-state index in [1.165, 1.54) is 0 Å². The van der Waals surface area contributed by atoms with Gasteiger partial charge in [-0.25, -0.2) is 0 Å². The molecule has 0 atom stereocenters. The first-order valence-electron chi connectivity index (χ1n) is 9.43. The summed E-state index contributed by atoms with van der Waals surface area (Å²) in [6, 6.07) is 1.42. The van der Waals surface area contributed by atoms with Crippen molar-refractivity contribution in [3.05, 3.63) is 0 Å². The van der Waals surface area contributed by atoms with E-state index in [-0.39, 0.29) is 12.9 Å². The predicted molar refractivity (Wildman–Crippen MR) is 106 cm³/mol. The Morgan fingerprint density at radius 3 is 1.38 bits per heavy atom. The fourth-order valence-corrected chi connectivity index (χ4v) is 3.34. The first kappa shape index (κ1) is 23.0. The fraction of sp³-hybridized carbons (Fsp3) is 0.842. The lowest BCUT2D eigenvalue weighted by molar-refractivity contribution is -0.124. The molecule has 0 saturated heterocycles. The first-order valence-corrected chi connectivity index (χ1v) is 9.43. The monoisotopic (exact) mass is 335 g/mol. The number of hydrogen-bond donors (Lipinski definition) is 0. The second-order valence-corrected chi connectivity index (χ2v) is 7.39. The molecule has 0 saturated carbocycles. The van der Waals surface area contributed by atoms with Gasteiger partial charge in [-0.2, -0.15) is 0 Å². The molecule has 0 fully saturated rings. The minimum absolute atomic E-state index is 0.0653. The van der Waals surface area contributed by atoms with Crippen molar-refractivity contribution in [1.29, 1.82) is 0 Å². The molecule has 0 spiro atoms. The second kappa shape index (κ2) is 10.8. The highest BCUT2D eigenvalue weighted by Crippen LogP contribution is 2.16. The molecule has 138 valence electrons. The highest BCUT2D eigenvalue weighted by atomic mass is 16.2. The van der Waals surface area contributed by atoms with Crippen molar-refractivity contribution >= 4 is 12.9 Å². The van der Waals surface area contributed by atoms with Gasteiger partial charge in [-0.1, -0.05) is 55.4 Å². The Balaban J connectivity index is 5.85. The molecular weight excluding hydrogens is 297 g/mol. The number of carbonyl (C=O) groups excluding carboxylic acids is 1. The van der Waals surface area contributed by atoms with Crippen LogP contribution in [0.25, 0.3) is 0 Å². The van der Waals surface area contributed by atoms with E-state index in [1.807, 2.05) is 13.8 Å². The summed E-state index contributed by atoms with van der Waals surface area (Å²) in [7, 11) is 0. The molecule has 24 heavy (non-hydrogen) atoms. The predicted octanol–water partition coefficient (Wildman–Crippen LogP) is 3.12. The van der Waals surface area contributed by atoms with Crippen LogP contribution in [0.4, 0.5) is 0 Å². The standard InChI is InChI=1S/C19H38BN3O/c1-11-21(12-2)19(24)13-14-20(22(15(3)4)16(5)6)23(17(7)8)18(9)10/h15-18H,11-12H2,1-10H3. The molecule has 4 nitrogen and oxygen atoms in total. The number of carbonyl (C=O) groups is 1. The topological polar surface area (TPSA) is 26.8 Å². The van der Waals surface area contributed by atoms with Gasteiger partial charge in [-0.3, -0.25) is 4.79 Å². The Labute approximate surface area is 151 Å². The zero-order valence-corrected chi connectivity index (χ0v) is 17.6. The van der Waals surface area contributed by atoms with E-state index in [1.54, 1.807) is 4.90 Å². The molecule has 0 aromatic heterocycles. The van der Waals surface area contributed by atoms with Gasteiger partial charge in [-0.15, -0.1) is 5.82 Å². The number of amides is 1. The highest BCUT2D eigenvalue weighted by molar-refractivity contribution is 6.62. The van der Waals surface area contributed by atoms with Gasteiger partial charge < -0.3 is 14.5 Å². The molecule has 0 aromatic carbocycles. The third-order valence-corrected chi connectivity index (χ3v) is 4.31. The number of nitrogens with zero attached hydrogens (tertiary/aromatic N) is 3. The maximum Gasteiger partial charge on any atom is 0.401 e. The van der Waals surface area contributed by atoms with Crippen LogP contribution in [0.5, 0.6) is 0 Å². The molecule has 0 aliphatic rings. The van der Waals surface area contributed by atoms with E-state index in [2.05, 4.69) is 76.8 Å². The van der Waals surface area contributed by atoms with Gasteiger partial charge in [-0.05, 0) is 43.9 Å². The van der Waals surface area contributed by atoms with E-state index in [9.17, 15) is 4.79 Å². The van der Waals surface area contributed by atoms with Crippen molar-refractivity contribution in [1.82, 2.24) is 14.5 Å². The quantitative estimate of drug-likeness (QED) is 0.504. The summed E-state index contributed by atoms with van der Waals surface area (Å²) >= 11 is 0. The molecule has 1 amide bonds. The maximum absolute atomic E-state index is 12.3. The molecule has 0 unspecified atom stereocenters. The lowest BCUT2D eigenvalue weighted by Crippen LogP contribution is -2.61. The lowest BCUT2D eigenvalue weighted by atomic mass is 9.68. The lowest BCUT2D eigenvalue weighted by Gasteiger charge is -2.42. The second-order valence-electron chi connectivity index (χ2n) is 7.39. The van der Waals surface area contributed by atoms with Gasteiger partial charge in [0.2, 0.25) is 0 Å². The van der Waals surface area contributed by atoms with E-state index in [0.29, 0.717) is 37.3 Å². The third kappa shape index (κ3) is 6.49. The van der Waals surface area contributed by atoms with Crippen LogP contribution in [0.1, 0.15) is 69.2 Å². The van der Waals surface area contributed by atoms with Gasteiger partial charge in [0.15, 0.2) is 0 Å². The van der Waals surface area contributed by atoms with Gasteiger partial charge in [0.1, 0.15) is 0 Å². The van der Waals surface area contributed by atoms with Gasteiger partial charge in [0, 0.05) is 13.1 Å². The number of rotatable bonds is 8. The maximum atomic E-state index is 12.3. The molecule has 0 aromatic rings. The largest absolute Gasteiger partial charge is 0.401 e. The van der Waals surface area contributed by atoms with E-state index in [4.69, 9.17) is 0 Å². The summed E-state index contributed by atoms with van der Waals surface area (Å²) in [4.78, 5) is 18.9. The minimum atomic E-state index is -0.0788. The Hall–Kier alpha value is -0.985. The van der Waals surface area contributed by atoms with Gasteiger partial charge >= 0.3 is 6.98 Å². The fourth-order valence-electron chi connectivity index (χ4n) is 3.34. The summed E-state index contributed by atoms with van der Waals surface area (Å²) < 4.78 is 0. The Morgan fingerprint density at radius 2 is 1.12 bits per heavy atom. The average Bonchev–Trinajstić information content (AvgIpc) is 2.44. The van der Waals surface area contributed by atoms with E-state index in [0.717, 1.165) is 0 Å². The van der Waals surface area contributed by atoms with Crippen LogP contribution in [0.15, 0.2) is 0 Å². The van der Waals surface area contributed by atoms with Crippen LogP contribution in [-0.2, 0) is 4.79 Å². The Kier molecular flexibility index (Phi) is 10.3. The van der Waals surface area contributed by atoms with Crippen molar-refractivity contribution in [3.63, 3.8) is 0 Å². The molecule has 0 aliphatic heterocycles. The SMILES string of the molecule is CCN(CC)C(=O)C#CB(N(C(C)C)C(C)C)N(C(C)C)C(C)C. The smallest absolute Gasteiger partial charge is 0.332 e. The molecule has 0 bridgehead atoms. The van der Waals surface area contributed by atoms with Gasteiger partial charge in [0.05, 0.1) is 0 Å². The van der Waals surface area contributed by atoms with E-state index >= 15 is 0 Å². The normalized spacial score (nSPS) is 11.7. The van der Waals surface area contributed by atoms with Crippen LogP contribution in [0.2, 0.25) is 0 Å². The average molecular weight is 335 g/mol. The molecule has 0 radical (unpaired) electrons. The van der Waals surface area contributed by atoms with Crippen molar-refractivity contribution in [2.75, 3.05) is 13.1 Å². The van der Waals surface area contributed by atoms with Crippen molar-refractivity contribution in [2.45, 2.75) is 93.4 Å². The summed E-state index contributed by atoms with van der Waals surface area (Å²) in [5, 5.41) is 0. The summed E-state index contributed by atoms with van der Waals surface area (Å²) in [6.45, 7) is 22.9. The molecule has 0 N–H and O–H groups in total. The van der Waals surface area contributed by atoms with Crippen LogP contribution in [0.3, 0.4) is 0 Å². The Morgan fingerprint density at radius 1 is 0.792 bits per heavy atom. The summed E-state index contributed by atoms with van der Waals surface area (Å²) in [5.41, 5.74) is 0. The van der Waals surface area contributed by atoms with Crippen LogP contribution in [0, 0.1) is 11.7 Å². The van der Waals surface area contributed by atoms with Gasteiger partial charge in [0.25, 0.3) is 5.91 Å². The van der Waals surface area contributed by atoms with Crippen LogP contribution in [-0.4, -0.2) is 64.7 Å². The highest BCUT2D eigenvalue weighted by Gasteiger charge is 2.36. The summed E-state index contributed by atoms with van der Waals surface area (Å²) in [5.74, 6) is 6.14. The molecule has 0 aliphatic carbocycles. The van der Waals surface area contributed by atoms with Crippen LogP contribution >= 0.6 is 0 Å². The zero-order valence-electron chi connectivity index (χ0n) is 17.6. The summed E-state index contributed by atoms with van der Waals surface area (Å²) in [6.07, 6.45) is 0. The third-order valence-electron chi connectivity index (χ3n) is 4.31. The van der Waals surface area contributed by atoms with Crippen molar-refractivity contribution in [3.8, 4) is 11.7 Å². The molecule has 5 heteroatoms. The Bertz CT molecular complexity index is 398. The minimum Gasteiger partial charge on any atom is -0.332 e. The molecular formula is C19H38BN3O. The number of hydrogen-bond acceptors (Lipinski definition) is 3. The molecule has 0 rings (SSSR count). The molecule has 0 heterocycles. The van der Waals surface area contributed by atoms with Crippen molar-refractivity contribution in [2.24, 2.45) is 0 Å². The zero-order chi connectivity index (χ0) is 19.0. The first-order chi connectivity index (χ1) is 11.1. The van der Waals surface area contributed by atoms with E-state index < -0.39 is 0 Å². The van der Waals surface area contributed by atoms with Crippen molar-refractivity contribution < 1.29 is 4.79 Å². The van der Waals surface area contributed by atoms with Crippen LogP contribution < -0.4 is 0 Å².